The van der Waals surface area contributed by atoms with Gasteiger partial charge in [-0.05, 0) is 39.6 Å². The average molecular weight is 444 g/mol. The number of anilines is 2. The summed E-state index contributed by atoms with van der Waals surface area (Å²) in [6.45, 7) is 0. The molecule has 0 aliphatic carbocycles. The molecule has 0 aliphatic rings. The van der Waals surface area contributed by atoms with Gasteiger partial charge in [0.1, 0.15) is 0 Å². The molecule has 0 spiro atoms. The van der Waals surface area contributed by atoms with E-state index in [4.69, 9.17) is 11.5 Å². The molecule has 0 amide bonds. The number of hydrogen-bond acceptors (Lipinski definition) is 16. The molecule has 0 radical (unpaired) electrons. The van der Waals surface area contributed by atoms with Crippen LogP contribution in [-0.2, 0) is 0 Å². The van der Waals surface area contributed by atoms with Crippen LogP contribution in [0.1, 0.15) is 0 Å². The molecule has 20 heteroatoms. The largest absolute Gasteiger partial charge is 0.463 e. The van der Waals surface area contributed by atoms with Crippen LogP contribution in [0.4, 0.5) is 34.9 Å². The zero-order valence-corrected chi connectivity index (χ0v) is 14.9. The van der Waals surface area contributed by atoms with E-state index >= 15 is 0 Å². The SMILES string of the molecule is Nc1nc2c3nc(N)c([N+](=O)[O-])nc3c3nc([N+](=O)[O-])c([N+](=O)[O-])nc3c2nc1[N+](=O)[O-]. The Morgan fingerprint density at radius 3 is 0.906 bits per heavy atom. The van der Waals surface area contributed by atoms with E-state index < -0.39 is 76.7 Å². The Bertz CT molecular complexity index is 1450. The highest BCUT2D eigenvalue weighted by atomic mass is 16.6. The van der Waals surface area contributed by atoms with Gasteiger partial charge in [-0.25, -0.2) is 9.97 Å². The Labute approximate surface area is 170 Å². The summed E-state index contributed by atoms with van der Waals surface area (Å²) < 4.78 is 0. The summed E-state index contributed by atoms with van der Waals surface area (Å²) in [5.74, 6) is -5.92. The summed E-state index contributed by atoms with van der Waals surface area (Å²) in [6, 6.07) is 0. The summed E-state index contributed by atoms with van der Waals surface area (Å²) >= 11 is 0. The molecule has 0 saturated heterocycles. The van der Waals surface area contributed by atoms with Crippen molar-refractivity contribution in [3.05, 3.63) is 40.5 Å². The van der Waals surface area contributed by atoms with Gasteiger partial charge in [0.05, 0.1) is 0 Å². The molecular weight excluding hydrogens is 440 g/mol. The fourth-order valence-corrected chi connectivity index (χ4v) is 2.80. The van der Waals surface area contributed by atoms with Gasteiger partial charge in [-0.2, -0.15) is 0 Å². The van der Waals surface area contributed by atoms with Crippen LogP contribution in [0.3, 0.4) is 0 Å². The number of nitrogens with zero attached hydrogens (tertiary/aromatic N) is 10. The minimum Gasteiger partial charge on any atom is -0.377 e. The lowest BCUT2D eigenvalue weighted by molar-refractivity contribution is -0.428. The maximum absolute atomic E-state index is 11.3. The number of rotatable bonds is 4. The lowest BCUT2D eigenvalue weighted by atomic mass is 10.2. The Hall–Kier alpha value is -5.56. The second kappa shape index (κ2) is 6.48. The Balaban J connectivity index is 2.37. The number of aromatic nitrogens is 6. The van der Waals surface area contributed by atoms with Crippen molar-refractivity contribution in [3.8, 4) is 0 Å². The predicted octanol–water partition coefficient (Wildman–Crippen LogP) is 0.313. The highest BCUT2D eigenvalue weighted by Gasteiger charge is 2.38. The van der Waals surface area contributed by atoms with Gasteiger partial charge >= 0.3 is 23.3 Å². The van der Waals surface area contributed by atoms with Crippen molar-refractivity contribution in [2.75, 3.05) is 11.5 Å². The van der Waals surface area contributed by atoms with E-state index in [9.17, 15) is 40.5 Å². The van der Waals surface area contributed by atoms with E-state index in [0.717, 1.165) is 0 Å². The van der Waals surface area contributed by atoms with E-state index in [1.807, 2.05) is 0 Å². The molecule has 0 saturated carbocycles. The topological polar surface area (TPSA) is 302 Å². The number of nitro groups is 4. The van der Waals surface area contributed by atoms with Gasteiger partial charge in [0.2, 0.25) is 11.6 Å². The number of nitrogen functional groups attached to an aromatic ring is 2. The fourth-order valence-electron chi connectivity index (χ4n) is 2.80. The van der Waals surface area contributed by atoms with Crippen LogP contribution in [0.25, 0.3) is 33.1 Å². The maximum Gasteiger partial charge on any atom is 0.463 e. The third-order valence-corrected chi connectivity index (χ3v) is 4.03. The molecule has 4 aromatic rings. The summed E-state index contributed by atoms with van der Waals surface area (Å²) in [6.07, 6.45) is 0. The van der Waals surface area contributed by atoms with Crippen molar-refractivity contribution >= 4 is 68.0 Å². The molecule has 1 aromatic carbocycles. The first-order chi connectivity index (χ1) is 15.0. The van der Waals surface area contributed by atoms with E-state index in [1.54, 1.807) is 0 Å². The number of hydrogen-bond donors (Lipinski definition) is 2. The monoisotopic (exact) mass is 444 g/mol. The Kier molecular flexibility index (Phi) is 4.00. The number of nitrogens with two attached hydrogens (primary N) is 2. The summed E-state index contributed by atoms with van der Waals surface area (Å²) in [7, 11) is 0. The lowest BCUT2D eigenvalue weighted by Gasteiger charge is -2.03. The van der Waals surface area contributed by atoms with Crippen molar-refractivity contribution in [1.29, 1.82) is 0 Å². The zero-order valence-electron chi connectivity index (χ0n) is 14.9. The van der Waals surface area contributed by atoms with E-state index in [0.29, 0.717) is 0 Å². The third-order valence-electron chi connectivity index (χ3n) is 4.03. The van der Waals surface area contributed by atoms with Crippen LogP contribution in [0.15, 0.2) is 0 Å². The van der Waals surface area contributed by atoms with Crippen molar-refractivity contribution in [2.45, 2.75) is 0 Å². The second-order valence-corrected chi connectivity index (χ2v) is 5.86. The van der Waals surface area contributed by atoms with Crippen LogP contribution in [0.5, 0.6) is 0 Å². The van der Waals surface area contributed by atoms with Gasteiger partial charge in [-0.15, -0.1) is 0 Å². The molecule has 20 nitrogen and oxygen atoms in total. The van der Waals surface area contributed by atoms with Crippen LogP contribution >= 0.6 is 0 Å². The first-order valence-electron chi connectivity index (χ1n) is 7.87. The lowest BCUT2D eigenvalue weighted by Crippen LogP contribution is -2.08. The smallest absolute Gasteiger partial charge is 0.377 e. The minimum atomic E-state index is -1.32. The molecule has 0 aliphatic heterocycles. The molecule has 32 heavy (non-hydrogen) atoms. The zero-order chi connectivity index (χ0) is 23.5. The third kappa shape index (κ3) is 2.71. The first kappa shape index (κ1) is 19.7. The molecule has 0 fully saturated rings. The summed E-state index contributed by atoms with van der Waals surface area (Å²) in [5, 5.41) is 45.0. The van der Waals surface area contributed by atoms with Gasteiger partial charge in [-0.1, -0.05) is 0 Å². The van der Waals surface area contributed by atoms with Crippen LogP contribution in [0, 0.1) is 40.5 Å². The molecule has 4 N–H and O–H groups in total. The minimum absolute atomic E-state index is 0.359. The fraction of sp³-hybridized carbons (Fsp3) is 0. The number of fused-ring (bicyclic) bond motifs is 6. The molecule has 0 bridgehead atoms. The molecule has 3 aromatic heterocycles. The van der Waals surface area contributed by atoms with E-state index in [1.165, 1.54) is 0 Å². The maximum atomic E-state index is 11.3. The average Bonchev–Trinajstić information content (AvgIpc) is 2.71. The summed E-state index contributed by atoms with van der Waals surface area (Å²) in [4.78, 5) is 62.7. The molecule has 0 atom stereocenters. The molecule has 4 rings (SSSR count). The van der Waals surface area contributed by atoms with Crippen molar-refractivity contribution in [2.24, 2.45) is 0 Å². The molecule has 0 unspecified atom stereocenters. The van der Waals surface area contributed by atoms with Gasteiger partial charge in [0, 0.05) is 0 Å². The van der Waals surface area contributed by atoms with Gasteiger partial charge < -0.3 is 51.9 Å². The van der Waals surface area contributed by atoms with Crippen molar-refractivity contribution < 1.29 is 19.7 Å². The highest BCUT2D eigenvalue weighted by molar-refractivity contribution is 6.19. The number of benzene rings is 1. The quantitative estimate of drug-likeness (QED) is 0.243. The van der Waals surface area contributed by atoms with Gasteiger partial charge in [-0.3, -0.25) is 0 Å². The first-order valence-corrected chi connectivity index (χ1v) is 7.87. The molecule has 160 valence electrons. The van der Waals surface area contributed by atoms with Crippen molar-refractivity contribution in [1.82, 2.24) is 29.9 Å². The van der Waals surface area contributed by atoms with E-state index in [2.05, 4.69) is 29.9 Å². The molecule has 3 heterocycles. The van der Waals surface area contributed by atoms with Crippen molar-refractivity contribution in [3.63, 3.8) is 0 Å². The van der Waals surface area contributed by atoms with Gasteiger partial charge in [0.25, 0.3) is 22.1 Å². The van der Waals surface area contributed by atoms with E-state index in [-0.39, 0.29) is 11.0 Å². The van der Waals surface area contributed by atoms with Crippen LogP contribution in [0.2, 0.25) is 0 Å². The standard InChI is InChI=1S/C12H4N12O8/c13-7-9(21(25)26)17-3-1(15-7)2-4(18-10(22(27)28)8(14)16-2)6-5(3)19-11(23(29)30)12(20-6)24(31)32/h(H2,13,15)(H2,14,16). The highest BCUT2D eigenvalue weighted by Crippen LogP contribution is 2.36. The van der Waals surface area contributed by atoms with Gasteiger partial charge in [0.15, 0.2) is 11.0 Å². The normalized spacial score (nSPS) is 11.1. The second-order valence-electron chi connectivity index (χ2n) is 5.86. The predicted molar refractivity (Wildman–Crippen MR) is 101 cm³/mol. The van der Waals surface area contributed by atoms with Crippen LogP contribution in [-0.4, -0.2) is 49.6 Å². The Morgan fingerprint density at radius 1 is 0.438 bits per heavy atom. The summed E-state index contributed by atoms with van der Waals surface area (Å²) in [5.41, 5.74) is 8.19. The Morgan fingerprint density at radius 2 is 0.656 bits per heavy atom. The molecular formula is C12H4N12O8. The van der Waals surface area contributed by atoms with Crippen LogP contribution < -0.4 is 11.5 Å².